The van der Waals surface area contributed by atoms with Crippen LogP contribution in [0.3, 0.4) is 0 Å². The van der Waals surface area contributed by atoms with E-state index in [1.165, 1.54) is 16.9 Å². The number of hydrogen-bond acceptors (Lipinski definition) is 6. The van der Waals surface area contributed by atoms with Crippen LogP contribution in [0.25, 0.3) is 10.2 Å². The molecule has 1 aliphatic rings. The van der Waals surface area contributed by atoms with E-state index in [4.69, 9.17) is 9.47 Å². The van der Waals surface area contributed by atoms with Gasteiger partial charge in [-0.25, -0.2) is 4.98 Å². The minimum atomic E-state index is -0.328. The maximum absolute atomic E-state index is 12.5. The molecular weight excluding hydrogens is 388 g/mol. The Labute approximate surface area is 172 Å². The molecule has 29 heavy (non-hydrogen) atoms. The summed E-state index contributed by atoms with van der Waals surface area (Å²) < 4.78 is 10.8. The molecule has 7 heteroatoms. The monoisotopic (exact) mass is 412 g/mol. The Morgan fingerprint density at radius 3 is 2.79 bits per heavy atom. The summed E-state index contributed by atoms with van der Waals surface area (Å²) in [5.74, 6) is 0.958. The van der Waals surface area contributed by atoms with Gasteiger partial charge in [0.15, 0.2) is 0 Å². The average molecular weight is 413 g/mol. The fourth-order valence-corrected chi connectivity index (χ4v) is 4.85. The number of carbonyl (C=O) groups excluding carboxylic acids is 1. The predicted molar refractivity (Wildman–Crippen MR) is 113 cm³/mol. The van der Waals surface area contributed by atoms with Crippen LogP contribution < -0.4 is 10.3 Å². The molecule has 0 saturated heterocycles. The van der Waals surface area contributed by atoms with Crippen molar-refractivity contribution in [2.45, 2.75) is 45.4 Å². The number of aromatic nitrogens is 2. The summed E-state index contributed by atoms with van der Waals surface area (Å²) in [6, 6.07) is 7.71. The van der Waals surface area contributed by atoms with Crippen molar-refractivity contribution in [2.24, 2.45) is 0 Å². The molecule has 4 rings (SSSR count). The topological polar surface area (TPSA) is 81.3 Å². The van der Waals surface area contributed by atoms with Crippen molar-refractivity contribution in [3.05, 3.63) is 56.4 Å². The number of carbonyl (C=O) groups is 1. The smallest absolute Gasteiger partial charge is 0.306 e. The third-order valence-corrected chi connectivity index (χ3v) is 6.26. The number of ether oxygens (including phenoxy) is 2. The second kappa shape index (κ2) is 8.78. The number of fused-ring (bicyclic) bond motifs is 3. The normalized spacial score (nSPS) is 13.3. The lowest BCUT2D eigenvalue weighted by atomic mass is 9.97. The highest BCUT2D eigenvalue weighted by Crippen LogP contribution is 2.33. The van der Waals surface area contributed by atoms with Gasteiger partial charge in [-0.05, 0) is 50.3 Å². The lowest BCUT2D eigenvalue weighted by Crippen LogP contribution is -2.16. The van der Waals surface area contributed by atoms with E-state index in [9.17, 15) is 9.59 Å². The molecule has 0 radical (unpaired) electrons. The maximum atomic E-state index is 12.5. The quantitative estimate of drug-likeness (QED) is 0.472. The summed E-state index contributed by atoms with van der Waals surface area (Å²) in [6.07, 6.45) is 4.80. The van der Waals surface area contributed by atoms with E-state index in [0.717, 1.165) is 40.8 Å². The Morgan fingerprint density at radius 1 is 1.17 bits per heavy atom. The molecule has 0 spiro atoms. The Balaban J connectivity index is 1.28. The van der Waals surface area contributed by atoms with Crippen LogP contribution in [0, 0.1) is 6.92 Å². The lowest BCUT2D eigenvalue weighted by Gasteiger charge is -2.09. The van der Waals surface area contributed by atoms with Gasteiger partial charge in [0.2, 0.25) is 0 Å². The van der Waals surface area contributed by atoms with E-state index < -0.39 is 0 Å². The minimum absolute atomic E-state index is 0.0933. The first-order valence-corrected chi connectivity index (χ1v) is 10.8. The summed E-state index contributed by atoms with van der Waals surface area (Å²) in [6.45, 7) is 2.50. The van der Waals surface area contributed by atoms with E-state index in [-0.39, 0.29) is 24.6 Å². The third kappa shape index (κ3) is 4.67. The number of aryl methyl sites for hydroxylation is 4. The van der Waals surface area contributed by atoms with Gasteiger partial charge in [-0.15, -0.1) is 11.3 Å². The zero-order valence-electron chi connectivity index (χ0n) is 16.5. The average Bonchev–Trinajstić information content (AvgIpc) is 3.10. The van der Waals surface area contributed by atoms with Crippen LogP contribution in [-0.4, -0.2) is 29.2 Å². The number of nitrogens with one attached hydrogen (secondary N) is 1. The molecular formula is C22H24N2O4S. The van der Waals surface area contributed by atoms with Crippen molar-refractivity contribution in [1.82, 2.24) is 9.97 Å². The Morgan fingerprint density at radius 2 is 1.97 bits per heavy atom. The second-order valence-corrected chi connectivity index (χ2v) is 8.37. The van der Waals surface area contributed by atoms with Gasteiger partial charge < -0.3 is 14.5 Å². The number of hydrogen-bond donors (Lipinski definition) is 1. The minimum Gasteiger partial charge on any atom is -0.490 e. The first kappa shape index (κ1) is 19.6. The van der Waals surface area contributed by atoms with Gasteiger partial charge in [-0.1, -0.05) is 17.7 Å². The van der Waals surface area contributed by atoms with Gasteiger partial charge in [0, 0.05) is 11.3 Å². The number of thiophene rings is 1. The van der Waals surface area contributed by atoms with Crippen LogP contribution in [0.5, 0.6) is 5.75 Å². The molecule has 6 nitrogen and oxygen atoms in total. The standard InChI is InChI=1S/C22H24N2O4S/c1-14-6-8-15(9-7-14)27-12-13-28-19(25)11-10-18-23-21(26)20-16-4-2-3-5-17(16)29-22(20)24-18/h6-9H,2-5,10-13H2,1H3,(H,23,24,26). The summed E-state index contributed by atoms with van der Waals surface area (Å²) in [5.41, 5.74) is 2.24. The van der Waals surface area contributed by atoms with Gasteiger partial charge in [-0.3, -0.25) is 9.59 Å². The van der Waals surface area contributed by atoms with Crippen LogP contribution in [0.1, 0.15) is 41.1 Å². The highest BCUT2D eigenvalue weighted by atomic mass is 32.1. The van der Waals surface area contributed by atoms with Crippen LogP contribution in [0.2, 0.25) is 0 Å². The molecule has 0 bridgehead atoms. The van der Waals surface area contributed by atoms with E-state index in [2.05, 4.69) is 9.97 Å². The molecule has 2 aromatic heterocycles. The number of H-pyrrole nitrogens is 1. The molecule has 0 unspecified atom stereocenters. The number of benzene rings is 1. The highest BCUT2D eigenvalue weighted by Gasteiger charge is 2.19. The highest BCUT2D eigenvalue weighted by molar-refractivity contribution is 7.18. The first-order valence-electron chi connectivity index (χ1n) is 9.98. The van der Waals surface area contributed by atoms with E-state index in [0.29, 0.717) is 18.9 Å². The number of rotatable bonds is 7. The van der Waals surface area contributed by atoms with Gasteiger partial charge >= 0.3 is 5.97 Å². The maximum Gasteiger partial charge on any atom is 0.306 e. The molecule has 1 aliphatic carbocycles. The first-order chi connectivity index (χ1) is 14.1. The van der Waals surface area contributed by atoms with Crippen LogP contribution in [0.4, 0.5) is 0 Å². The third-order valence-electron chi connectivity index (χ3n) is 5.08. The van der Waals surface area contributed by atoms with Crippen molar-refractivity contribution in [3.8, 4) is 5.75 Å². The summed E-state index contributed by atoms with van der Waals surface area (Å²) in [7, 11) is 0. The lowest BCUT2D eigenvalue weighted by molar-refractivity contribution is -0.144. The van der Waals surface area contributed by atoms with Crippen molar-refractivity contribution in [2.75, 3.05) is 13.2 Å². The number of esters is 1. The molecule has 0 amide bonds. The summed E-state index contributed by atoms with van der Waals surface area (Å²) in [5, 5.41) is 0.740. The van der Waals surface area contributed by atoms with Crippen molar-refractivity contribution in [1.29, 1.82) is 0 Å². The van der Waals surface area contributed by atoms with Crippen molar-refractivity contribution < 1.29 is 14.3 Å². The van der Waals surface area contributed by atoms with E-state index in [1.807, 2.05) is 31.2 Å². The molecule has 1 N–H and O–H groups in total. The molecule has 0 atom stereocenters. The largest absolute Gasteiger partial charge is 0.490 e. The van der Waals surface area contributed by atoms with E-state index in [1.54, 1.807) is 11.3 Å². The van der Waals surface area contributed by atoms with Crippen LogP contribution >= 0.6 is 11.3 Å². The van der Waals surface area contributed by atoms with E-state index >= 15 is 0 Å². The molecule has 1 aromatic carbocycles. The fourth-order valence-electron chi connectivity index (χ4n) is 3.57. The zero-order chi connectivity index (χ0) is 20.2. The predicted octanol–water partition coefficient (Wildman–Crippen LogP) is 3.73. The van der Waals surface area contributed by atoms with Gasteiger partial charge in [-0.2, -0.15) is 0 Å². The fraction of sp³-hybridized carbons (Fsp3) is 0.409. The molecule has 0 saturated carbocycles. The Kier molecular flexibility index (Phi) is 5.94. The Hall–Kier alpha value is -2.67. The van der Waals surface area contributed by atoms with Gasteiger partial charge in [0.05, 0.1) is 11.8 Å². The molecule has 3 aromatic rings. The molecule has 0 fully saturated rings. The van der Waals surface area contributed by atoms with Crippen LogP contribution in [-0.2, 0) is 28.8 Å². The molecule has 0 aliphatic heterocycles. The second-order valence-electron chi connectivity index (χ2n) is 7.29. The van der Waals surface area contributed by atoms with Gasteiger partial charge in [0.1, 0.15) is 29.6 Å². The SMILES string of the molecule is Cc1ccc(OCCOC(=O)CCc2nc3sc4c(c3c(=O)[nH]2)CCCC4)cc1. The molecule has 152 valence electrons. The Bertz CT molecular complexity index is 1070. The van der Waals surface area contributed by atoms with Gasteiger partial charge in [0.25, 0.3) is 5.56 Å². The van der Waals surface area contributed by atoms with Crippen molar-refractivity contribution in [3.63, 3.8) is 0 Å². The number of aromatic amines is 1. The number of nitrogens with zero attached hydrogens (tertiary/aromatic N) is 1. The van der Waals surface area contributed by atoms with Crippen LogP contribution in [0.15, 0.2) is 29.1 Å². The summed E-state index contributed by atoms with van der Waals surface area (Å²) >= 11 is 1.61. The van der Waals surface area contributed by atoms with Crippen molar-refractivity contribution >= 4 is 27.5 Å². The zero-order valence-corrected chi connectivity index (χ0v) is 17.3. The molecule has 2 heterocycles. The summed E-state index contributed by atoms with van der Waals surface area (Å²) in [4.78, 5) is 34.0.